The number of nitrogens with zero attached hydrogens (tertiary/aromatic N) is 4. The molecule has 7 heteroatoms. The van der Waals surface area contributed by atoms with Gasteiger partial charge in [0, 0.05) is 48.6 Å². The Morgan fingerprint density at radius 2 is 2.03 bits per heavy atom. The molecule has 4 heterocycles. The number of hydrogen-bond donors (Lipinski definition) is 1. The van der Waals surface area contributed by atoms with Crippen molar-refractivity contribution < 1.29 is 9.53 Å². The highest BCUT2D eigenvalue weighted by molar-refractivity contribution is 5.97. The van der Waals surface area contributed by atoms with Crippen molar-refractivity contribution in [1.82, 2.24) is 19.1 Å². The highest BCUT2D eigenvalue weighted by Crippen LogP contribution is 2.36. The maximum Gasteiger partial charge on any atom is 0.237 e. The minimum Gasteiger partial charge on any atom is -0.383 e. The summed E-state index contributed by atoms with van der Waals surface area (Å²) in [5.41, 5.74) is 11.5. The number of pyridine rings is 2. The van der Waals surface area contributed by atoms with Gasteiger partial charge in [-0.3, -0.25) is 4.79 Å². The Morgan fingerprint density at radius 1 is 1.23 bits per heavy atom. The second-order valence-electron chi connectivity index (χ2n) is 8.15. The first-order valence-corrected chi connectivity index (χ1v) is 10.7. The molecule has 7 nitrogen and oxygen atoms in total. The number of hydrogen-bond acceptors (Lipinski definition) is 4. The molecule has 0 bridgehead atoms. The first kappa shape index (κ1) is 21.1. The van der Waals surface area contributed by atoms with Crippen molar-refractivity contribution >= 4 is 28.0 Å². The van der Waals surface area contributed by atoms with Crippen LogP contribution in [0.1, 0.15) is 37.8 Å². The number of primary amides is 1. The van der Waals surface area contributed by atoms with Gasteiger partial charge in [0.15, 0.2) is 0 Å². The molecule has 0 aliphatic carbocycles. The number of fused-ring (bicyclic) bond motifs is 2. The average molecular weight is 420 g/mol. The van der Waals surface area contributed by atoms with Crippen molar-refractivity contribution in [3.8, 4) is 11.3 Å². The van der Waals surface area contributed by atoms with Crippen LogP contribution in [0, 0.1) is 0 Å². The van der Waals surface area contributed by atoms with Crippen molar-refractivity contribution in [3.63, 3.8) is 0 Å². The second-order valence-corrected chi connectivity index (χ2v) is 8.15. The number of rotatable bonds is 8. The maximum absolute atomic E-state index is 11.6. The van der Waals surface area contributed by atoms with E-state index >= 15 is 0 Å². The molecule has 0 fully saturated rings. The Labute approximate surface area is 181 Å². The largest absolute Gasteiger partial charge is 0.383 e. The van der Waals surface area contributed by atoms with Gasteiger partial charge >= 0.3 is 0 Å². The van der Waals surface area contributed by atoms with E-state index in [-0.39, 0.29) is 12.5 Å². The quantitative estimate of drug-likeness (QED) is 0.470. The van der Waals surface area contributed by atoms with Crippen LogP contribution in [-0.4, -0.2) is 38.7 Å². The topological polar surface area (TPSA) is 88.0 Å². The van der Waals surface area contributed by atoms with E-state index in [1.807, 2.05) is 23.0 Å². The lowest BCUT2D eigenvalue weighted by Gasteiger charge is -2.11. The van der Waals surface area contributed by atoms with E-state index in [1.165, 1.54) is 11.1 Å². The maximum atomic E-state index is 11.6. The number of carbonyl (C=O) groups excluding carboxylic acids is 1. The predicted octanol–water partition coefficient (Wildman–Crippen LogP) is 3.87. The molecule has 0 atom stereocenters. The Morgan fingerprint density at radius 3 is 2.71 bits per heavy atom. The lowest BCUT2D eigenvalue weighted by Crippen LogP contribution is -2.18. The molecule has 0 aliphatic rings. The molecule has 0 aliphatic heterocycles. The number of aryl methyl sites for hydroxylation is 1. The number of amides is 1. The summed E-state index contributed by atoms with van der Waals surface area (Å²) < 4.78 is 9.28. The van der Waals surface area contributed by atoms with E-state index < -0.39 is 0 Å². The Hall–Kier alpha value is -3.19. The Bertz CT molecular complexity index is 1250. The van der Waals surface area contributed by atoms with Crippen molar-refractivity contribution in [3.05, 3.63) is 47.9 Å². The smallest absolute Gasteiger partial charge is 0.237 e. The zero-order valence-electron chi connectivity index (χ0n) is 18.6. The van der Waals surface area contributed by atoms with Crippen LogP contribution >= 0.6 is 0 Å². The summed E-state index contributed by atoms with van der Waals surface area (Å²) in [5.74, 6) is -0.0409. The molecular weight excluding hydrogens is 390 g/mol. The predicted molar refractivity (Wildman–Crippen MR) is 123 cm³/mol. The van der Waals surface area contributed by atoms with Gasteiger partial charge in [-0.2, -0.15) is 0 Å². The molecule has 31 heavy (non-hydrogen) atoms. The highest BCUT2D eigenvalue weighted by atomic mass is 16.5. The Kier molecular flexibility index (Phi) is 5.78. The fraction of sp³-hybridized carbons (Fsp3) is 0.375. The third-order valence-corrected chi connectivity index (χ3v) is 5.75. The van der Waals surface area contributed by atoms with E-state index in [1.54, 1.807) is 7.11 Å². The lowest BCUT2D eigenvalue weighted by atomic mass is 9.97. The molecular formula is C24H29N5O2. The molecule has 1 amide bonds. The summed E-state index contributed by atoms with van der Waals surface area (Å²) in [4.78, 5) is 21.3. The van der Waals surface area contributed by atoms with Crippen LogP contribution in [0.2, 0.25) is 0 Å². The summed E-state index contributed by atoms with van der Waals surface area (Å²) in [6.07, 6.45) is 6.74. The monoisotopic (exact) mass is 419 g/mol. The fourth-order valence-corrected chi connectivity index (χ4v) is 4.23. The summed E-state index contributed by atoms with van der Waals surface area (Å²) in [6, 6.07) is 6.26. The van der Waals surface area contributed by atoms with Gasteiger partial charge in [0.05, 0.1) is 12.3 Å². The average Bonchev–Trinajstić information content (AvgIpc) is 3.32. The first-order valence-electron chi connectivity index (χ1n) is 10.7. The van der Waals surface area contributed by atoms with Gasteiger partial charge in [0.25, 0.3) is 0 Å². The minimum absolute atomic E-state index is 0.109. The van der Waals surface area contributed by atoms with Gasteiger partial charge in [0.1, 0.15) is 17.8 Å². The van der Waals surface area contributed by atoms with Crippen molar-refractivity contribution in [1.29, 1.82) is 0 Å². The standard InChI is InChI=1S/C24H29N5O2/c1-5-16-12-20(27-23-18(16)7-9-28(23)14-21(25)30)19-13-29(10-11-31-4)24-22(19)17(15(2)3)6-8-26-24/h6-9,12-13,15H,5,10-11,14H2,1-4H3,(H2,25,30). The molecule has 4 aromatic heterocycles. The van der Waals surface area contributed by atoms with Gasteiger partial charge < -0.3 is 19.6 Å². The third kappa shape index (κ3) is 3.81. The van der Waals surface area contributed by atoms with Gasteiger partial charge in [-0.15, -0.1) is 0 Å². The summed E-state index contributed by atoms with van der Waals surface area (Å²) in [5, 5.41) is 2.17. The molecule has 0 radical (unpaired) electrons. The van der Waals surface area contributed by atoms with Crippen LogP contribution in [0.4, 0.5) is 0 Å². The number of ether oxygens (including phenoxy) is 1. The zero-order valence-corrected chi connectivity index (χ0v) is 18.6. The molecule has 0 unspecified atom stereocenters. The molecule has 162 valence electrons. The van der Waals surface area contributed by atoms with Gasteiger partial charge in [-0.05, 0) is 41.7 Å². The number of aromatic nitrogens is 4. The minimum atomic E-state index is -0.384. The van der Waals surface area contributed by atoms with E-state index in [2.05, 4.69) is 48.7 Å². The number of nitrogens with two attached hydrogens (primary N) is 1. The Balaban J connectivity index is 2.00. The van der Waals surface area contributed by atoms with Gasteiger partial charge in [0.2, 0.25) is 5.91 Å². The van der Waals surface area contributed by atoms with E-state index in [4.69, 9.17) is 15.5 Å². The van der Waals surface area contributed by atoms with Gasteiger partial charge in [-0.25, -0.2) is 9.97 Å². The van der Waals surface area contributed by atoms with Crippen molar-refractivity contribution in [2.75, 3.05) is 13.7 Å². The summed E-state index contributed by atoms with van der Waals surface area (Å²) in [7, 11) is 1.70. The van der Waals surface area contributed by atoms with E-state index in [0.29, 0.717) is 19.1 Å². The van der Waals surface area contributed by atoms with Crippen molar-refractivity contribution in [2.45, 2.75) is 46.2 Å². The zero-order chi connectivity index (χ0) is 22.1. The van der Waals surface area contributed by atoms with Crippen LogP contribution in [-0.2, 0) is 29.0 Å². The SMILES string of the molecule is CCc1cc(-c2cn(CCOC)c3nccc(C(C)C)c23)nc2c1ccn2CC(N)=O. The van der Waals surface area contributed by atoms with Crippen LogP contribution < -0.4 is 5.73 Å². The van der Waals surface area contributed by atoms with Crippen LogP contribution in [0.3, 0.4) is 0 Å². The molecule has 0 aromatic carbocycles. The van der Waals surface area contributed by atoms with E-state index in [0.717, 1.165) is 39.7 Å². The molecule has 0 spiro atoms. The van der Waals surface area contributed by atoms with E-state index in [9.17, 15) is 4.79 Å². The third-order valence-electron chi connectivity index (χ3n) is 5.75. The first-order chi connectivity index (χ1) is 14.9. The highest BCUT2D eigenvalue weighted by Gasteiger charge is 2.19. The number of methoxy groups -OCH3 is 1. The van der Waals surface area contributed by atoms with Crippen LogP contribution in [0.25, 0.3) is 33.3 Å². The molecule has 0 saturated heterocycles. The molecule has 4 rings (SSSR count). The molecule has 4 aromatic rings. The van der Waals surface area contributed by atoms with Crippen LogP contribution in [0.5, 0.6) is 0 Å². The summed E-state index contributed by atoms with van der Waals surface area (Å²) in [6.45, 7) is 7.94. The number of carbonyl (C=O) groups is 1. The fourth-order valence-electron chi connectivity index (χ4n) is 4.23. The van der Waals surface area contributed by atoms with Crippen LogP contribution in [0.15, 0.2) is 36.8 Å². The lowest BCUT2D eigenvalue weighted by molar-refractivity contribution is -0.118. The molecule has 0 saturated carbocycles. The summed E-state index contributed by atoms with van der Waals surface area (Å²) >= 11 is 0. The van der Waals surface area contributed by atoms with Gasteiger partial charge in [-0.1, -0.05) is 20.8 Å². The normalized spacial score (nSPS) is 11.8. The molecule has 2 N–H and O–H groups in total. The second kappa shape index (κ2) is 8.51. The van der Waals surface area contributed by atoms with Crippen molar-refractivity contribution in [2.24, 2.45) is 5.73 Å².